The van der Waals surface area contributed by atoms with E-state index in [-0.39, 0.29) is 26.3 Å². The van der Waals surface area contributed by atoms with Gasteiger partial charge in [-0.05, 0) is 30.3 Å². The Hall–Kier alpha value is -1.76. The van der Waals surface area contributed by atoms with Crippen LogP contribution in [0.25, 0.3) is 0 Å². The van der Waals surface area contributed by atoms with E-state index in [1.165, 1.54) is 36.4 Å². The van der Waals surface area contributed by atoms with E-state index in [1.54, 1.807) is 0 Å². The lowest BCUT2D eigenvalue weighted by Gasteiger charge is -2.10. The van der Waals surface area contributed by atoms with Crippen molar-refractivity contribution in [2.45, 2.75) is 4.90 Å². The molecule has 0 aliphatic heterocycles. The van der Waals surface area contributed by atoms with Gasteiger partial charge in [-0.15, -0.1) is 0 Å². The highest BCUT2D eigenvalue weighted by atomic mass is 35.5. The van der Waals surface area contributed by atoms with Crippen molar-refractivity contribution in [3.63, 3.8) is 0 Å². The van der Waals surface area contributed by atoms with Gasteiger partial charge in [0.25, 0.3) is 5.91 Å². The summed E-state index contributed by atoms with van der Waals surface area (Å²) in [6.07, 6.45) is 0. The Labute approximate surface area is 131 Å². The van der Waals surface area contributed by atoms with Crippen LogP contribution in [0.2, 0.25) is 10.0 Å². The lowest BCUT2D eigenvalue weighted by Crippen LogP contribution is -2.16. The van der Waals surface area contributed by atoms with E-state index in [2.05, 4.69) is 0 Å². The first-order valence-corrected chi connectivity index (χ1v) is 7.76. The molecule has 0 saturated carbocycles. The van der Waals surface area contributed by atoms with Crippen LogP contribution in [0.15, 0.2) is 47.4 Å². The first-order chi connectivity index (χ1) is 9.81. The third kappa shape index (κ3) is 3.47. The van der Waals surface area contributed by atoms with Crippen molar-refractivity contribution < 1.29 is 17.4 Å². The van der Waals surface area contributed by atoms with Gasteiger partial charge in [-0.25, -0.2) is 0 Å². The van der Waals surface area contributed by atoms with Crippen molar-refractivity contribution in [2.24, 2.45) is 5.73 Å². The van der Waals surface area contributed by atoms with Crippen LogP contribution in [0.5, 0.6) is 5.75 Å². The fourth-order valence-corrected chi connectivity index (χ4v) is 3.26. The van der Waals surface area contributed by atoms with Crippen LogP contribution in [-0.2, 0) is 10.1 Å². The zero-order chi connectivity index (χ0) is 15.6. The van der Waals surface area contributed by atoms with Gasteiger partial charge in [0.1, 0.15) is 4.90 Å². The predicted molar refractivity (Wildman–Crippen MR) is 79.2 cm³/mol. The van der Waals surface area contributed by atoms with Gasteiger partial charge in [0.2, 0.25) is 0 Å². The van der Waals surface area contributed by atoms with Gasteiger partial charge in [0.15, 0.2) is 5.75 Å². The minimum Gasteiger partial charge on any atom is -0.378 e. The van der Waals surface area contributed by atoms with E-state index in [0.717, 1.165) is 6.07 Å². The summed E-state index contributed by atoms with van der Waals surface area (Å²) in [6, 6.07) is 9.65. The van der Waals surface area contributed by atoms with Crippen molar-refractivity contribution >= 4 is 39.2 Å². The van der Waals surface area contributed by atoms with Crippen LogP contribution < -0.4 is 9.92 Å². The summed E-state index contributed by atoms with van der Waals surface area (Å²) in [5.41, 5.74) is 5.11. The highest BCUT2D eigenvalue weighted by Gasteiger charge is 2.23. The minimum absolute atomic E-state index is 0.0454. The quantitative estimate of drug-likeness (QED) is 0.863. The van der Waals surface area contributed by atoms with Crippen molar-refractivity contribution in [2.75, 3.05) is 0 Å². The summed E-state index contributed by atoms with van der Waals surface area (Å²) < 4.78 is 29.4. The molecule has 2 aromatic carbocycles. The Morgan fingerprint density at radius 1 is 1.10 bits per heavy atom. The van der Waals surface area contributed by atoms with Crippen molar-refractivity contribution in [3.8, 4) is 5.75 Å². The summed E-state index contributed by atoms with van der Waals surface area (Å²) >= 11 is 11.6. The number of carbonyl (C=O) groups is 1. The third-order valence-electron chi connectivity index (χ3n) is 2.51. The smallest absolute Gasteiger partial charge is 0.340 e. The number of carbonyl (C=O) groups excluding carboxylic acids is 1. The zero-order valence-corrected chi connectivity index (χ0v) is 12.7. The van der Waals surface area contributed by atoms with E-state index in [0.29, 0.717) is 0 Å². The van der Waals surface area contributed by atoms with E-state index in [4.69, 9.17) is 33.1 Å². The average molecular weight is 346 g/mol. The number of para-hydroxylation sites is 1. The second kappa shape index (κ2) is 5.93. The van der Waals surface area contributed by atoms with Gasteiger partial charge >= 0.3 is 10.1 Å². The molecule has 2 N–H and O–H groups in total. The van der Waals surface area contributed by atoms with Gasteiger partial charge in [0, 0.05) is 5.02 Å². The monoisotopic (exact) mass is 345 g/mol. The van der Waals surface area contributed by atoms with E-state index in [1.807, 2.05) is 0 Å². The van der Waals surface area contributed by atoms with Gasteiger partial charge < -0.3 is 9.92 Å². The molecule has 5 nitrogen and oxygen atoms in total. The number of hydrogen-bond acceptors (Lipinski definition) is 4. The maximum absolute atomic E-state index is 12.2. The standard InChI is InChI=1S/C13H9Cl2NO4S/c14-8-5-6-10(15)12(7-8)21(18,19)20-11-4-2-1-3-9(11)13(16)17/h1-7H,(H2,16,17). The molecule has 0 aliphatic carbocycles. The first kappa shape index (κ1) is 15.6. The molecule has 0 fully saturated rings. The van der Waals surface area contributed by atoms with E-state index < -0.39 is 16.0 Å². The van der Waals surface area contributed by atoms with Crippen LogP contribution >= 0.6 is 23.2 Å². The molecular weight excluding hydrogens is 337 g/mol. The maximum Gasteiger partial charge on any atom is 0.340 e. The van der Waals surface area contributed by atoms with Crippen molar-refractivity contribution in [1.82, 2.24) is 0 Å². The number of benzene rings is 2. The SMILES string of the molecule is NC(=O)c1ccccc1OS(=O)(=O)c1cc(Cl)ccc1Cl. The third-order valence-corrected chi connectivity index (χ3v) is 4.47. The van der Waals surface area contributed by atoms with Crippen LogP contribution in [-0.4, -0.2) is 14.3 Å². The molecule has 8 heteroatoms. The summed E-state index contributed by atoms with van der Waals surface area (Å²) in [4.78, 5) is 11.0. The van der Waals surface area contributed by atoms with Crippen LogP contribution in [0.4, 0.5) is 0 Å². The highest BCUT2D eigenvalue weighted by Crippen LogP contribution is 2.29. The number of amides is 1. The van der Waals surface area contributed by atoms with Gasteiger partial charge in [-0.2, -0.15) is 8.42 Å². The lowest BCUT2D eigenvalue weighted by atomic mass is 10.2. The lowest BCUT2D eigenvalue weighted by molar-refractivity contribution is 0.0999. The van der Waals surface area contributed by atoms with Crippen molar-refractivity contribution in [3.05, 3.63) is 58.1 Å². The molecule has 0 aliphatic rings. The molecule has 110 valence electrons. The van der Waals surface area contributed by atoms with Crippen molar-refractivity contribution in [1.29, 1.82) is 0 Å². The number of primary amides is 1. The molecule has 0 spiro atoms. The summed E-state index contributed by atoms with van der Waals surface area (Å²) in [6.45, 7) is 0. The molecule has 0 heterocycles. The molecule has 0 atom stereocenters. The van der Waals surface area contributed by atoms with Crippen LogP contribution in [0.1, 0.15) is 10.4 Å². The fourth-order valence-electron chi connectivity index (χ4n) is 1.57. The Morgan fingerprint density at radius 2 is 1.76 bits per heavy atom. The predicted octanol–water partition coefficient (Wildman–Crippen LogP) is 2.86. The van der Waals surface area contributed by atoms with Gasteiger partial charge in [-0.1, -0.05) is 35.3 Å². The normalized spacial score (nSPS) is 11.1. The van der Waals surface area contributed by atoms with Gasteiger partial charge in [0.05, 0.1) is 10.6 Å². The van der Waals surface area contributed by atoms with Crippen LogP contribution in [0.3, 0.4) is 0 Å². The molecule has 0 saturated heterocycles. The molecule has 0 radical (unpaired) electrons. The highest BCUT2D eigenvalue weighted by molar-refractivity contribution is 7.87. The first-order valence-electron chi connectivity index (χ1n) is 5.59. The fraction of sp³-hybridized carbons (Fsp3) is 0. The van der Waals surface area contributed by atoms with E-state index in [9.17, 15) is 13.2 Å². The van der Waals surface area contributed by atoms with E-state index >= 15 is 0 Å². The molecule has 0 unspecified atom stereocenters. The minimum atomic E-state index is -4.25. The maximum atomic E-state index is 12.2. The Bertz CT molecular complexity index is 806. The summed E-state index contributed by atoms with van der Waals surface area (Å²) in [7, 11) is -4.25. The van der Waals surface area contributed by atoms with Crippen LogP contribution in [0, 0.1) is 0 Å². The molecule has 1 amide bonds. The summed E-state index contributed by atoms with van der Waals surface area (Å²) in [5.74, 6) is -0.987. The molecular formula is C13H9Cl2NO4S. The summed E-state index contributed by atoms with van der Waals surface area (Å²) in [5, 5.41) is 0.140. The zero-order valence-electron chi connectivity index (χ0n) is 10.4. The second-order valence-corrected chi connectivity index (χ2v) is 6.33. The number of hydrogen-bond donors (Lipinski definition) is 1. The largest absolute Gasteiger partial charge is 0.378 e. The Morgan fingerprint density at radius 3 is 2.43 bits per heavy atom. The van der Waals surface area contributed by atoms with Gasteiger partial charge in [-0.3, -0.25) is 4.79 Å². The topological polar surface area (TPSA) is 86.5 Å². The molecule has 0 bridgehead atoms. The number of nitrogens with two attached hydrogens (primary N) is 1. The number of rotatable bonds is 4. The molecule has 2 rings (SSSR count). The molecule has 0 aromatic heterocycles. The Kier molecular flexibility index (Phi) is 4.41. The average Bonchev–Trinajstić information content (AvgIpc) is 2.41. The molecule has 2 aromatic rings. The number of halogens is 2. The Balaban J connectivity index is 2.48. The molecule has 21 heavy (non-hydrogen) atoms. The second-order valence-electron chi connectivity index (χ2n) is 3.97.